The van der Waals surface area contributed by atoms with Gasteiger partial charge in [-0.3, -0.25) is 0 Å². The minimum Gasteiger partial charge on any atom is -0.497 e. The van der Waals surface area contributed by atoms with Crippen LogP contribution in [0.3, 0.4) is 0 Å². The van der Waals surface area contributed by atoms with Gasteiger partial charge in [0.1, 0.15) is 5.75 Å². The summed E-state index contributed by atoms with van der Waals surface area (Å²) in [5.41, 5.74) is 3.77. The Hall–Kier alpha value is -1.77. The fourth-order valence-corrected chi connectivity index (χ4v) is 2.45. The van der Waals surface area contributed by atoms with Crippen LogP contribution in [-0.4, -0.2) is 19.7 Å². The molecule has 0 saturated carbocycles. The lowest BCUT2D eigenvalue weighted by Gasteiger charge is -2.08. The highest BCUT2D eigenvalue weighted by Gasteiger charge is 2.13. The van der Waals surface area contributed by atoms with Crippen LogP contribution < -0.4 is 4.74 Å². The lowest BCUT2D eigenvalue weighted by Crippen LogP contribution is -2.02. The molecular formula is C16H20O3. The number of carbonyl (C=O) groups is 1. The molecule has 0 aromatic heterocycles. The highest BCUT2D eigenvalue weighted by molar-refractivity contribution is 5.82. The van der Waals surface area contributed by atoms with Crippen LogP contribution in [-0.2, 0) is 22.4 Å². The molecule has 3 heteroatoms. The van der Waals surface area contributed by atoms with Crippen LogP contribution in [0, 0.1) is 0 Å². The van der Waals surface area contributed by atoms with E-state index >= 15 is 0 Å². The predicted octanol–water partition coefficient (Wildman–Crippen LogP) is 3.06. The molecule has 0 radical (unpaired) electrons. The van der Waals surface area contributed by atoms with Gasteiger partial charge in [0.05, 0.1) is 13.7 Å². The Balaban J connectivity index is 2.18. The Labute approximate surface area is 114 Å². The molecule has 0 heterocycles. The molecular weight excluding hydrogens is 240 g/mol. The van der Waals surface area contributed by atoms with Gasteiger partial charge >= 0.3 is 5.97 Å². The summed E-state index contributed by atoms with van der Waals surface area (Å²) in [6, 6.07) is 6.17. The van der Waals surface area contributed by atoms with Crippen molar-refractivity contribution in [2.75, 3.05) is 13.7 Å². The molecule has 19 heavy (non-hydrogen) atoms. The first-order valence-electron chi connectivity index (χ1n) is 6.75. The van der Waals surface area contributed by atoms with Gasteiger partial charge in [0.2, 0.25) is 0 Å². The Morgan fingerprint density at radius 3 is 2.89 bits per heavy atom. The van der Waals surface area contributed by atoms with Crippen molar-refractivity contribution in [2.24, 2.45) is 0 Å². The topological polar surface area (TPSA) is 35.5 Å². The molecule has 0 unspecified atom stereocenters. The number of benzene rings is 1. The maximum Gasteiger partial charge on any atom is 0.330 e. The van der Waals surface area contributed by atoms with Crippen molar-refractivity contribution in [3.05, 3.63) is 41.0 Å². The number of hydrogen-bond donors (Lipinski definition) is 0. The number of methoxy groups -OCH3 is 1. The highest BCUT2D eigenvalue weighted by Crippen LogP contribution is 2.27. The van der Waals surface area contributed by atoms with E-state index in [-0.39, 0.29) is 5.97 Å². The minimum absolute atomic E-state index is 0.227. The first-order chi connectivity index (χ1) is 9.22. The number of hydrogen-bond acceptors (Lipinski definition) is 3. The van der Waals surface area contributed by atoms with Gasteiger partial charge in [-0.05, 0) is 55.9 Å². The van der Waals surface area contributed by atoms with E-state index in [4.69, 9.17) is 9.47 Å². The minimum atomic E-state index is -0.227. The molecule has 0 fully saturated rings. The number of aryl methyl sites for hydroxylation is 1. The second-order valence-corrected chi connectivity index (χ2v) is 4.72. The van der Waals surface area contributed by atoms with Crippen molar-refractivity contribution in [2.45, 2.75) is 32.6 Å². The normalized spacial score (nSPS) is 16.6. The summed E-state index contributed by atoms with van der Waals surface area (Å²) >= 11 is 0. The zero-order valence-electron chi connectivity index (χ0n) is 11.6. The monoisotopic (exact) mass is 260 g/mol. The van der Waals surface area contributed by atoms with Crippen molar-refractivity contribution in [1.29, 1.82) is 0 Å². The summed E-state index contributed by atoms with van der Waals surface area (Å²) in [5.74, 6) is 0.672. The van der Waals surface area contributed by atoms with E-state index in [1.54, 1.807) is 13.2 Å². The standard InChI is InChI=1S/C16H20O3/c1-3-19-16(17)10-12-5-4-6-13-11-15(18-2)8-7-14(13)9-12/h7-8,10-11H,3-6,9H2,1-2H3/b12-10-. The average Bonchev–Trinajstić information content (AvgIpc) is 2.59. The van der Waals surface area contributed by atoms with E-state index in [0.717, 1.165) is 37.0 Å². The van der Waals surface area contributed by atoms with Gasteiger partial charge in [-0.25, -0.2) is 4.79 Å². The van der Waals surface area contributed by atoms with Gasteiger partial charge in [0, 0.05) is 6.08 Å². The van der Waals surface area contributed by atoms with Crippen molar-refractivity contribution in [3.8, 4) is 5.75 Å². The summed E-state index contributed by atoms with van der Waals surface area (Å²) in [6.45, 7) is 2.25. The molecule has 0 amide bonds. The summed E-state index contributed by atoms with van der Waals surface area (Å²) in [7, 11) is 1.69. The van der Waals surface area contributed by atoms with E-state index in [9.17, 15) is 4.79 Å². The van der Waals surface area contributed by atoms with E-state index in [1.165, 1.54) is 11.1 Å². The summed E-state index contributed by atoms with van der Waals surface area (Å²) in [6.07, 6.45) is 5.54. The van der Waals surface area contributed by atoms with E-state index in [2.05, 4.69) is 12.1 Å². The average molecular weight is 260 g/mol. The molecule has 1 aliphatic rings. The predicted molar refractivity (Wildman–Crippen MR) is 74.4 cm³/mol. The largest absolute Gasteiger partial charge is 0.497 e. The molecule has 1 aromatic rings. The quantitative estimate of drug-likeness (QED) is 0.476. The van der Waals surface area contributed by atoms with Crippen LogP contribution in [0.1, 0.15) is 30.9 Å². The molecule has 0 bridgehead atoms. The van der Waals surface area contributed by atoms with E-state index < -0.39 is 0 Å². The third kappa shape index (κ3) is 3.60. The van der Waals surface area contributed by atoms with Gasteiger partial charge in [-0.2, -0.15) is 0 Å². The Morgan fingerprint density at radius 2 is 2.16 bits per heavy atom. The van der Waals surface area contributed by atoms with Crippen LogP contribution in [0.5, 0.6) is 5.75 Å². The second kappa shape index (κ2) is 6.41. The maximum atomic E-state index is 11.5. The SMILES string of the molecule is CCOC(=O)/C=C1/CCCc2cc(OC)ccc2C1. The molecule has 0 spiro atoms. The lowest BCUT2D eigenvalue weighted by molar-refractivity contribution is -0.137. The smallest absolute Gasteiger partial charge is 0.330 e. The number of ether oxygens (including phenoxy) is 2. The Kier molecular flexibility index (Phi) is 4.61. The molecule has 2 rings (SSSR count). The van der Waals surface area contributed by atoms with Crippen LogP contribution in [0.2, 0.25) is 0 Å². The number of carbonyl (C=O) groups excluding carboxylic acids is 1. The Bertz CT molecular complexity index is 489. The zero-order chi connectivity index (χ0) is 13.7. The Morgan fingerprint density at radius 1 is 1.32 bits per heavy atom. The number of allylic oxidation sites excluding steroid dienone is 1. The fraction of sp³-hybridized carbons (Fsp3) is 0.438. The molecule has 102 valence electrons. The molecule has 3 nitrogen and oxygen atoms in total. The van der Waals surface area contributed by atoms with Crippen molar-refractivity contribution in [3.63, 3.8) is 0 Å². The summed E-state index contributed by atoms with van der Waals surface area (Å²) < 4.78 is 10.2. The second-order valence-electron chi connectivity index (χ2n) is 4.72. The van der Waals surface area contributed by atoms with Crippen LogP contribution >= 0.6 is 0 Å². The molecule has 0 aliphatic heterocycles. The fourth-order valence-electron chi connectivity index (χ4n) is 2.45. The third-order valence-corrected chi connectivity index (χ3v) is 3.38. The van der Waals surface area contributed by atoms with Crippen molar-refractivity contribution in [1.82, 2.24) is 0 Å². The summed E-state index contributed by atoms with van der Waals surface area (Å²) in [5, 5.41) is 0. The van der Waals surface area contributed by atoms with Gasteiger partial charge in [-0.15, -0.1) is 0 Å². The lowest BCUT2D eigenvalue weighted by atomic mass is 10.0. The van der Waals surface area contributed by atoms with Gasteiger partial charge in [0.15, 0.2) is 0 Å². The van der Waals surface area contributed by atoms with Gasteiger partial charge in [0.25, 0.3) is 0 Å². The van der Waals surface area contributed by atoms with E-state index in [0.29, 0.717) is 6.61 Å². The molecule has 0 N–H and O–H groups in total. The van der Waals surface area contributed by atoms with E-state index in [1.807, 2.05) is 13.0 Å². The molecule has 0 atom stereocenters. The van der Waals surface area contributed by atoms with Gasteiger partial charge < -0.3 is 9.47 Å². The molecule has 0 saturated heterocycles. The van der Waals surface area contributed by atoms with Crippen molar-refractivity contribution < 1.29 is 14.3 Å². The third-order valence-electron chi connectivity index (χ3n) is 3.38. The molecule has 1 aromatic carbocycles. The maximum absolute atomic E-state index is 11.5. The van der Waals surface area contributed by atoms with Crippen LogP contribution in [0.4, 0.5) is 0 Å². The van der Waals surface area contributed by atoms with Crippen molar-refractivity contribution >= 4 is 5.97 Å². The first-order valence-corrected chi connectivity index (χ1v) is 6.75. The van der Waals surface area contributed by atoms with Crippen LogP contribution in [0.25, 0.3) is 0 Å². The molecule has 1 aliphatic carbocycles. The zero-order valence-corrected chi connectivity index (χ0v) is 11.6. The van der Waals surface area contributed by atoms with Crippen LogP contribution in [0.15, 0.2) is 29.8 Å². The number of fused-ring (bicyclic) bond motifs is 1. The van der Waals surface area contributed by atoms with Gasteiger partial charge in [-0.1, -0.05) is 11.6 Å². The summed E-state index contributed by atoms with van der Waals surface area (Å²) in [4.78, 5) is 11.5. The first kappa shape index (κ1) is 13.7. The number of rotatable bonds is 3. The number of esters is 1. The highest BCUT2D eigenvalue weighted by atomic mass is 16.5.